The van der Waals surface area contributed by atoms with E-state index in [9.17, 15) is 0 Å². The third-order valence-corrected chi connectivity index (χ3v) is 5.32. The Bertz CT molecular complexity index is 536. The molecule has 1 saturated carbocycles. The lowest BCUT2D eigenvalue weighted by atomic mass is 9.87. The first kappa shape index (κ1) is 17.2. The summed E-state index contributed by atoms with van der Waals surface area (Å²) in [6.07, 6.45) is 7.42. The van der Waals surface area contributed by atoms with E-state index in [2.05, 4.69) is 44.3 Å². The summed E-state index contributed by atoms with van der Waals surface area (Å²) in [6, 6.07) is 0.998. The molecular weight excluding hydrogens is 302 g/mol. The monoisotopic (exact) mass is 333 g/mol. The highest BCUT2D eigenvalue weighted by Crippen LogP contribution is 2.25. The van der Waals surface area contributed by atoms with Crippen LogP contribution in [0.1, 0.15) is 52.4 Å². The molecule has 134 valence electrons. The average Bonchev–Trinajstić information content (AvgIpc) is 3.00. The van der Waals surface area contributed by atoms with Crippen molar-refractivity contribution < 1.29 is 0 Å². The Morgan fingerprint density at radius 2 is 1.96 bits per heavy atom. The number of rotatable bonds is 6. The van der Waals surface area contributed by atoms with Gasteiger partial charge in [0.1, 0.15) is 0 Å². The van der Waals surface area contributed by atoms with E-state index in [1.165, 1.54) is 45.1 Å². The van der Waals surface area contributed by atoms with Gasteiger partial charge >= 0.3 is 0 Å². The van der Waals surface area contributed by atoms with Gasteiger partial charge in [-0.2, -0.15) is 15.0 Å². The number of anilines is 3. The van der Waals surface area contributed by atoms with E-state index in [-0.39, 0.29) is 5.95 Å². The van der Waals surface area contributed by atoms with E-state index in [1.807, 2.05) is 0 Å². The van der Waals surface area contributed by atoms with Crippen molar-refractivity contribution in [1.29, 1.82) is 0 Å². The number of nitrogen functional groups attached to an aromatic ring is 1. The number of nitrogens with one attached hydrogen (secondary N) is 2. The van der Waals surface area contributed by atoms with Crippen molar-refractivity contribution in [3.8, 4) is 0 Å². The van der Waals surface area contributed by atoms with Gasteiger partial charge in [0.05, 0.1) is 0 Å². The average molecular weight is 333 g/mol. The zero-order valence-corrected chi connectivity index (χ0v) is 15.0. The maximum Gasteiger partial charge on any atom is 0.229 e. The molecule has 2 fully saturated rings. The molecule has 1 saturated heterocycles. The Kier molecular flexibility index (Phi) is 5.71. The second-order valence-corrected chi connectivity index (χ2v) is 7.26. The van der Waals surface area contributed by atoms with Crippen molar-refractivity contribution in [3.05, 3.63) is 0 Å². The third-order valence-electron chi connectivity index (χ3n) is 5.32. The van der Waals surface area contributed by atoms with Crippen LogP contribution in [0.2, 0.25) is 0 Å². The summed E-state index contributed by atoms with van der Waals surface area (Å²) in [5.74, 6) is 2.22. The van der Waals surface area contributed by atoms with Crippen molar-refractivity contribution in [2.24, 2.45) is 5.92 Å². The Labute approximate surface area is 144 Å². The highest BCUT2D eigenvalue weighted by molar-refractivity contribution is 5.40. The largest absolute Gasteiger partial charge is 0.368 e. The van der Waals surface area contributed by atoms with E-state index < -0.39 is 0 Å². The summed E-state index contributed by atoms with van der Waals surface area (Å²) >= 11 is 0. The Balaban J connectivity index is 1.59. The van der Waals surface area contributed by atoms with Crippen molar-refractivity contribution in [3.63, 3.8) is 0 Å². The maximum atomic E-state index is 5.88. The molecule has 0 amide bonds. The van der Waals surface area contributed by atoms with Crippen molar-refractivity contribution in [2.45, 2.75) is 64.5 Å². The van der Waals surface area contributed by atoms with Crippen LogP contribution in [-0.4, -0.2) is 51.6 Å². The quantitative estimate of drug-likeness (QED) is 0.736. The standard InChI is InChI=1S/C17H31N7/c1-3-24-9-5-8-14(24)11-19-16-21-15(18)22-17(23-16)20-13-7-4-6-12(2)10-13/h12-14H,3-11H2,1-2H3,(H4,18,19,20,21,22,23). The summed E-state index contributed by atoms with van der Waals surface area (Å²) in [5.41, 5.74) is 5.88. The highest BCUT2D eigenvalue weighted by Gasteiger charge is 2.23. The Hall–Kier alpha value is -1.63. The molecule has 7 heteroatoms. The molecule has 1 aromatic heterocycles. The molecular formula is C17H31N7. The second-order valence-electron chi connectivity index (χ2n) is 7.26. The normalized spacial score (nSPS) is 28.0. The van der Waals surface area contributed by atoms with Crippen LogP contribution in [0.3, 0.4) is 0 Å². The molecule has 1 aromatic rings. The molecule has 4 N–H and O–H groups in total. The minimum atomic E-state index is 0.276. The number of aromatic nitrogens is 3. The molecule has 0 bridgehead atoms. The van der Waals surface area contributed by atoms with Gasteiger partial charge in [0.15, 0.2) is 0 Å². The van der Waals surface area contributed by atoms with E-state index in [0.717, 1.165) is 19.0 Å². The lowest BCUT2D eigenvalue weighted by Crippen LogP contribution is -2.35. The molecule has 1 aliphatic heterocycles. The fraction of sp³-hybridized carbons (Fsp3) is 0.824. The number of likely N-dealkylation sites (N-methyl/N-ethyl adjacent to an activating group) is 1. The van der Waals surface area contributed by atoms with Crippen LogP contribution in [-0.2, 0) is 0 Å². The molecule has 0 radical (unpaired) electrons. The number of likely N-dealkylation sites (tertiary alicyclic amines) is 1. The van der Waals surface area contributed by atoms with E-state index in [1.54, 1.807) is 0 Å². The molecule has 0 spiro atoms. The van der Waals surface area contributed by atoms with Gasteiger partial charge in [-0.3, -0.25) is 4.90 Å². The predicted octanol–water partition coefficient (Wildman–Crippen LogP) is 2.34. The molecule has 7 nitrogen and oxygen atoms in total. The van der Waals surface area contributed by atoms with E-state index in [4.69, 9.17) is 5.73 Å². The summed E-state index contributed by atoms with van der Waals surface area (Å²) in [6.45, 7) is 7.67. The highest BCUT2D eigenvalue weighted by atomic mass is 15.3. The maximum absolute atomic E-state index is 5.88. The van der Waals surface area contributed by atoms with Crippen molar-refractivity contribution in [2.75, 3.05) is 36.0 Å². The minimum Gasteiger partial charge on any atom is -0.368 e. The summed E-state index contributed by atoms with van der Waals surface area (Å²) < 4.78 is 0. The summed E-state index contributed by atoms with van der Waals surface area (Å²) in [4.78, 5) is 15.5. The van der Waals surface area contributed by atoms with Crippen LogP contribution in [0.25, 0.3) is 0 Å². The molecule has 3 rings (SSSR count). The molecule has 24 heavy (non-hydrogen) atoms. The van der Waals surface area contributed by atoms with E-state index >= 15 is 0 Å². The molecule has 2 aliphatic rings. The molecule has 3 atom stereocenters. The van der Waals surface area contributed by atoms with Gasteiger partial charge in [-0.05, 0) is 44.7 Å². The summed E-state index contributed by atoms with van der Waals surface area (Å²) in [7, 11) is 0. The first-order valence-electron chi connectivity index (χ1n) is 9.40. The number of nitrogens with zero attached hydrogens (tertiary/aromatic N) is 4. The van der Waals surface area contributed by atoms with Crippen LogP contribution < -0.4 is 16.4 Å². The second kappa shape index (κ2) is 7.96. The Morgan fingerprint density at radius 1 is 1.12 bits per heavy atom. The molecule has 0 aromatic carbocycles. The zero-order valence-electron chi connectivity index (χ0n) is 15.0. The topological polar surface area (TPSA) is 92.0 Å². The van der Waals surface area contributed by atoms with Crippen LogP contribution in [0.4, 0.5) is 17.8 Å². The first-order chi connectivity index (χ1) is 11.6. The van der Waals surface area contributed by atoms with Gasteiger partial charge in [-0.25, -0.2) is 0 Å². The SMILES string of the molecule is CCN1CCCC1CNc1nc(N)nc(NC2CCCC(C)C2)n1. The van der Waals surface area contributed by atoms with Crippen LogP contribution in [0.15, 0.2) is 0 Å². The lowest BCUT2D eigenvalue weighted by molar-refractivity contribution is 0.277. The van der Waals surface area contributed by atoms with Crippen LogP contribution in [0.5, 0.6) is 0 Å². The minimum absolute atomic E-state index is 0.276. The third kappa shape index (κ3) is 4.47. The van der Waals surface area contributed by atoms with Gasteiger partial charge in [-0.15, -0.1) is 0 Å². The van der Waals surface area contributed by atoms with E-state index in [0.29, 0.717) is 24.0 Å². The number of nitrogens with two attached hydrogens (primary N) is 1. The van der Waals surface area contributed by atoms with Crippen molar-refractivity contribution >= 4 is 17.8 Å². The van der Waals surface area contributed by atoms with Gasteiger partial charge in [0.25, 0.3) is 0 Å². The molecule has 1 aliphatic carbocycles. The lowest BCUT2D eigenvalue weighted by Gasteiger charge is -2.27. The van der Waals surface area contributed by atoms with Gasteiger partial charge in [0.2, 0.25) is 17.8 Å². The zero-order chi connectivity index (χ0) is 16.9. The number of hydrogen-bond acceptors (Lipinski definition) is 7. The van der Waals surface area contributed by atoms with Crippen LogP contribution in [0, 0.1) is 5.92 Å². The first-order valence-corrected chi connectivity index (χ1v) is 9.40. The Morgan fingerprint density at radius 3 is 2.75 bits per heavy atom. The fourth-order valence-electron chi connectivity index (χ4n) is 4.04. The van der Waals surface area contributed by atoms with Gasteiger partial charge in [0, 0.05) is 18.6 Å². The van der Waals surface area contributed by atoms with Crippen LogP contribution >= 0.6 is 0 Å². The van der Waals surface area contributed by atoms with Gasteiger partial charge in [-0.1, -0.05) is 26.7 Å². The van der Waals surface area contributed by atoms with Gasteiger partial charge < -0.3 is 16.4 Å². The molecule has 2 heterocycles. The fourth-order valence-corrected chi connectivity index (χ4v) is 4.04. The molecule has 3 unspecified atom stereocenters. The predicted molar refractivity (Wildman–Crippen MR) is 98.0 cm³/mol. The van der Waals surface area contributed by atoms with Crippen molar-refractivity contribution in [1.82, 2.24) is 19.9 Å². The smallest absolute Gasteiger partial charge is 0.229 e. The summed E-state index contributed by atoms with van der Waals surface area (Å²) in [5, 5.41) is 6.80. The number of hydrogen-bond donors (Lipinski definition) is 3.